The van der Waals surface area contributed by atoms with Crippen LogP contribution < -0.4 is 104 Å². The fourth-order valence-corrected chi connectivity index (χ4v) is 11.7. The first-order chi connectivity index (χ1) is 52.4. The fourth-order valence-electron chi connectivity index (χ4n) is 11.0. The van der Waals surface area contributed by atoms with E-state index in [0.717, 1.165) is 4.90 Å². The molecule has 624 valence electrons. The number of hydrogen-bond donors (Lipinski definition) is 24. The molecule has 1 aromatic heterocycles. The zero-order valence-corrected chi connectivity index (χ0v) is 64.9. The summed E-state index contributed by atoms with van der Waals surface area (Å²) in [5.41, 5.74) is 33.9. The van der Waals surface area contributed by atoms with Crippen LogP contribution in [0.1, 0.15) is 137 Å². The Balaban J connectivity index is 2.34. The number of carboxylic acids is 2. The number of aliphatic imine (C=N–C) groups is 1. The van der Waals surface area contributed by atoms with Crippen molar-refractivity contribution in [1.29, 1.82) is 0 Å². The molecular weight excluding hydrogens is 1500 g/mol. The highest BCUT2D eigenvalue weighted by Gasteiger charge is 2.41. The van der Waals surface area contributed by atoms with Gasteiger partial charge in [0.2, 0.25) is 88.6 Å². The average Bonchev–Trinajstić information content (AvgIpc) is 1.80. The number of likely N-dealkylation sites (tertiary alicyclic amines) is 1. The molecule has 0 spiro atoms. The van der Waals surface area contributed by atoms with E-state index in [1.165, 1.54) is 45.1 Å². The minimum atomic E-state index is -1.72. The molecule has 1 aromatic rings. The number of aromatic amines is 1. The molecule has 1 fully saturated rings. The van der Waals surface area contributed by atoms with E-state index < -0.39 is 230 Å². The number of nitrogens with one attached hydrogen (secondary N) is 14. The Hall–Kier alpha value is -9.99. The van der Waals surface area contributed by atoms with Crippen LogP contribution in [0.3, 0.4) is 0 Å². The Kier molecular flexibility index (Phi) is 45.0. The van der Waals surface area contributed by atoms with Crippen molar-refractivity contribution in [2.24, 2.45) is 45.3 Å². The number of nitrogens with zero attached hydrogens (tertiary/aromatic N) is 3. The van der Waals surface area contributed by atoms with Crippen LogP contribution in [0.25, 0.3) is 0 Å². The molecule has 29 N–H and O–H groups in total. The highest BCUT2D eigenvalue weighted by atomic mass is 32.2. The highest BCUT2D eigenvalue weighted by Crippen LogP contribution is 2.21. The van der Waals surface area contributed by atoms with Crippen LogP contribution in [-0.2, 0) is 87.9 Å². The summed E-state index contributed by atoms with van der Waals surface area (Å²) in [5, 5.41) is 61.0. The number of imidazole rings is 1. The van der Waals surface area contributed by atoms with E-state index in [0.29, 0.717) is 37.3 Å². The summed E-state index contributed by atoms with van der Waals surface area (Å²) in [5.74, 6) is -17.5. The van der Waals surface area contributed by atoms with Crippen LogP contribution in [0.15, 0.2) is 17.5 Å². The van der Waals surface area contributed by atoms with Crippen LogP contribution in [0.4, 0.5) is 0 Å². The van der Waals surface area contributed by atoms with E-state index in [-0.39, 0.29) is 89.1 Å². The molecule has 2 heterocycles. The van der Waals surface area contributed by atoms with Gasteiger partial charge in [-0.1, -0.05) is 20.3 Å². The molecule has 1 aliphatic rings. The van der Waals surface area contributed by atoms with Gasteiger partial charge in [0.05, 0.1) is 25.0 Å². The van der Waals surface area contributed by atoms with Crippen molar-refractivity contribution >= 4 is 131 Å². The maximum absolute atomic E-state index is 14.5. The third-order valence-electron chi connectivity index (χ3n) is 17.2. The van der Waals surface area contributed by atoms with Crippen LogP contribution in [-0.4, -0.2) is 278 Å². The number of carbonyl (C=O) groups is 17. The van der Waals surface area contributed by atoms with Gasteiger partial charge < -0.3 is 129 Å². The Labute approximate surface area is 651 Å². The Bertz CT molecular complexity index is 3330. The molecule has 43 nitrogen and oxygen atoms in total. The lowest BCUT2D eigenvalue weighted by Crippen LogP contribution is -2.61. The number of hydrogen-bond acceptors (Lipinski definition) is 25. The number of rotatable bonds is 54. The maximum atomic E-state index is 14.5. The van der Waals surface area contributed by atoms with Crippen LogP contribution in [0.2, 0.25) is 0 Å². The normalized spacial score (nSPS) is 16.0. The zero-order valence-electron chi connectivity index (χ0n) is 63.2. The third-order valence-corrected chi connectivity index (χ3v) is 18.2. The predicted octanol–water partition coefficient (Wildman–Crippen LogP) is -8.88. The van der Waals surface area contributed by atoms with E-state index in [1.807, 2.05) is 0 Å². The number of carbonyl (C=O) groups excluding carboxylic acids is 15. The van der Waals surface area contributed by atoms with Crippen molar-refractivity contribution in [2.75, 3.05) is 57.0 Å². The van der Waals surface area contributed by atoms with Gasteiger partial charge >= 0.3 is 11.9 Å². The largest absolute Gasteiger partial charge is 0.481 e. The van der Waals surface area contributed by atoms with Gasteiger partial charge in [0.25, 0.3) is 0 Å². The van der Waals surface area contributed by atoms with Crippen molar-refractivity contribution in [3.63, 3.8) is 0 Å². The second-order valence-electron chi connectivity index (χ2n) is 26.7. The number of amides is 15. The number of thiol groups is 1. The molecule has 15 amide bonds. The number of aliphatic hydroxyl groups is 1. The average molecular weight is 1610 g/mol. The number of unbranched alkanes of at least 4 members (excludes halogenated alkanes) is 2. The van der Waals surface area contributed by atoms with E-state index in [9.17, 15) is 91.7 Å². The first-order valence-corrected chi connectivity index (χ1v) is 38.3. The summed E-state index contributed by atoms with van der Waals surface area (Å²) in [6.45, 7) is 5.83. The van der Waals surface area contributed by atoms with Gasteiger partial charge in [-0.3, -0.25) is 86.5 Å². The Morgan fingerprint density at radius 3 is 1.60 bits per heavy atom. The van der Waals surface area contributed by atoms with Crippen molar-refractivity contribution < 1.29 is 96.8 Å². The number of aliphatic hydroxyl groups excluding tert-OH is 1. The SMILES string of the molecule is CSCC[C@H](NC(=O)[C@@H](NC(=O)[C@H](Cc1cnc[nH]1)NC(=O)CNC(=O)[C@@H](NC(=O)[C@@H](N)CCCCN)[C@@H](C)O)C(C)C)C(=O)N[C@@H](C)C(=O)N[C@@H](CCCCN)C(=O)N[C@@H](CS)C(=O)N1CCC[C@H]1C(=O)N[C@@H](CCC(=O)O)C(=O)N[C@@H](CCCN=C(N)N)C(=O)N[C@@H](CCC(N)=O)C(=O)N[C@@H](C)C(=O)NCC(=O)O. The smallest absolute Gasteiger partial charge is 0.322 e. The molecule has 0 unspecified atom stereocenters. The number of guanidine groups is 1. The lowest BCUT2D eigenvalue weighted by atomic mass is 10.0. The summed E-state index contributed by atoms with van der Waals surface area (Å²) in [7, 11) is 0. The summed E-state index contributed by atoms with van der Waals surface area (Å²) in [4.78, 5) is 240. The standard InChI is InChI=1S/C66H113N23O20S2/c1-33(2)51(87-61(105)44(27-37-28-73-32-77-37)80-48(92)29-75-63(107)52(36(5)90)88-55(99)38(69)13-7-9-22-67)64(108)85-43(21-26-111-6)57(101)79-35(4)54(98)81-39(14-8-10-23-68)59(103)86-45(31-110)65(109)89-25-12-16-46(89)62(106)84-42(18-20-49(93)94)60(104)82-40(15-11-24-74-66(71)72)58(102)83-41(17-19-47(70)91)56(100)78-34(3)53(97)76-30-50(95)96/h28,32-36,38-46,51-52,90,110H,7-27,29-31,67-69H2,1-6H3,(H2,70,91)(H,73,77)(H,75,107)(H,76,97)(H,78,100)(H,79,101)(H,80,92)(H,81,98)(H,82,104)(H,83,102)(H,84,106)(H,85,108)(H,86,103)(H,87,105)(H,88,99)(H,93,94)(H,95,96)(H4,71,72,74)/t34-,35-,36+,38-,39-,40-,41-,42-,43-,44-,45-,46-,51-,52-/m0/s1. The quantitative estimate of drug-likeness (QED) is 0.0125. The first kappa shape index (κ1) is 97.1. The van der Waals surface area contributed by atoms with Crippen molar-refractivity contribution in [2.45, 2.75) is 222 Å². The number of aromatic nitrogens is 2. The van der Waals surface area contributed by atoms with Crippen molar-refractivity contribution in [1.82, 2.24) is 84.0 Å². The number of H-pyrrole nitrogens is 1. The van der Waals surface area contributed by atoms with E-state index in [4.69, 9.17) is 39.5 Å². The van der Waals surface area contributed by atoms with Gasteiger partial charge in [0.15, 0.2) is 5.96 Å². The van der Waals surface area contributed by atoms with Crippen molar-refractivity contribution in [3.8, 4) is 0 Å². The van der Waals surface area contributed by atoms with Gasteiger partial charge in [-0.15, -0.1) is 0 Å². The molecule has 111 heavy (non-hydrogen) atoms. The van der Waals surface area contributed by atoms with Crippen LogP contribution >= 0.6 is 24.4 Å². The second-order valence-corrected chi connectivity index (χ2v) is 28.1. The minimum absolute atomic E-state index is 0.00533. The molecule has 14 atom stereocenters. The number of aliphatic carboxylic acids is 2. The summed E-state index contributed by atoms with van der Waals surface area (Å²) < 4.78 is 0. The Morgan fingerprint density at radius 1 is 0.568 bits per heavy atom. The summed E-state index contributed by atoms with van der Waals surface area (Å²) in [6, 6.07) is -18.5. The van der Waals surface area contributed by atoms with Crippen LogP contribution in [0, 0.1) is 5.92 Å². The molecule has 1 saturated heterocycles. The molecule has 0 radical (unpaired) electrons. The molecule has 2 rings (SSSR count). The maximum Gasteiger partial charge on any atom is 0.322 e. The Morgan fingerprint density at radius 2 is 1.07 bits per heavy atom. The van der Waals surface area contributed by atoms with Gasteiger partial charge in [0.1, 0.15) is 79.0 Å². The van der Waals surface area contributed by atoms with Crippen molar-refractivity contribution in [3.05, 3.63) is 18.2 Å². The topological polar surface area (TPSA) is 708 Å². The first-order valence-electron chi connectivity index (χ1n) is 36.3. The highest BCUT2D eigenvalue weighted by molar-refractivity contribution is 7.98. The van der Waals surface area contributed by atoms with Gasteiger partial charge in [0, 0.05) is 50.0 Å². The number of nitrogens with two attached hydrogens (primary N) is 6. The van der Waals surface area contributed by atoms with Gasteiger partial charge in [-0.2, -0.15) is 24.4 Å². The molecule has 1 aliphatic heterocycles. The molecule has 0 aromatic carbocycles. The summed E-state index contributed by atoms with van der Waals surface area (Å²) >= 11 is 5.66. The minimum Gasteiger partial charge on any atom is -0.481 e. The van der Waals surface area contributed by atoms with E-state index in [1.54, 1.807) is 20.1 Å². The van der Waals surface area contributed by atoms with Crippen LogP contribution in [0.5, 0.6) is 0 Å². The number of primary amides is 1. The predicted molar refractivity (Wildman–Crippen MR) is 406 cm³/mol. The van der Waals surface area contributed by atoms with Gasteiger partial charge in [-0.25, -0.2) is 4.98 Å². The van der Waals surface area contributed by atoms with E-state index in [2.05, 4.69) is 96.7 Å². The molecule has 0 aliphatic carbocycles. The monoisotopic (exact) mass is 1610 g/mol. The number of thioether (sulfide) groups is 1. The lowest BCUT2D eigenvalue weighted by Gasteiger charge is -2.30. The second kappa shape index (κ2) is 51.5. The molecule has 0 saturated carbocycles. The lowest BCUT2D eigenvalue weighted by molar-refractivity contribution is -0.142. The summed E-state index contributed by atoms with van der Waals surface area (Å²) in [6.07, 6.45) is 2.56. The molecule has 45 heteroatoms. The number of carboxylic acid groups (broad SMARTS) is 2. The van der Waals surface area contributed by atoms with E-state index >= 15 is 0 Å². The molecule has 0 bridgehead atoms. The fraction of sp³-hybridized carbons (Fsp3) is 0.682. The third kappa shape index (κ3) is 36.6. The zero-order chi connectivity index (χ0) is 83.6. The van der Waals surface area contributed by atoms with Gasteiger partial charge in [-0.05, 0) is 129 Å². The molecular formula is C66H113N23O20S2.